The molecule has 35 heavy (non-hydrogen) atoms. The van der Waals surface area contributed by atoms with Crippen LogP contribution in [0.3, 0.4) is 0 Å². The molecule has 10 nitrogen and oxygen atoms in total. The molecule has 1 heterocycles. The summed E-state index contributed by atoms with van der Waals surface area (Å²) in [6.07, 6.45) is 4.73. The number of hydrogen-bond donors (Lipinski definition) is 1. The fraction of sp³-hybridized carbons (Fsp3) is 0.833. The van der Waals surface area contributed by atoms with Crippen LogP contribution in [0.1, 0.15) is 57.8 Å². The van der Waals surface area contributed by atoms with Crippen LogP contribution in [0.2, 0.25) is 0 Å². The largest absolute Gasteiger partial charge is 0.465 e. The number of ether oxygens (including phenoxy) is 3. The standard InChI is InChI=1S/C24H32O10S/c25-17(6-5-14-10-12-3-1-4-13(9-12)20(14)26)33-21-15-11-16-19(24(28)34-22(16)21)18(15)23(27)32-7-2-8-35(29,30)31/h12-16,18-19,21-22H,1-11H2,(H,29,30,31). The summed E-state index contributed by atoms with van der Waals surface area (Å²) in [6, 6.07) is 0. The maximum absolute atomic E-state index is 12.8. The minimum absolute atomic E-state index is 0.0663. The van der Waals surface area contributed by atoms with E-state index in [-0.39, 0.29) is 43.0 Å². The maximum Gasteiger partial charge on any atom is 0.310 e. The van der Waals surface area contributed by atoms with E-state index in [2.05, 4.69) is 0 Å². The van der Waals surface area contributed by atoms with Gasteiger partial charge in [0.15, 0.2) is 0 Å². The molecule has 5 fully saturated rings. The van der Waals surface area contributed by atoms with Crippen molar-refractivity contribution >= 4 is 33.8 Å². The summed E-state index contributed by atoms with van der Waals surface area (Å²) in [5.74, 6) is -3.34. The normalized spacial score (nSPS) is 39.4. The van der Waals surface area contributed by atoms with Crippen molar-refractivity contribution in [1.82, 2.24) is 0 Å². The van der Waals surface area contributed by atoms with Crippen LogP contribution in [0.15, 0.2) is 0 Å². The number of hydrogen-bond acceptors (Lipinski definition) is 9. The van der Waals surface area contributed by atoms with Crippen molar-refractivity contribution in [3.05, 3.63) is 0 Å². The van der Waals surface area contributed by atoms with Crippen LogP contribution in [0.5, 0.6) is 0 Å². The quantitative estimate of drug-likeness (QED) is 0.209. The highest BCUT2D eigenvalue weighted by Crippen LogP contribution is 2.59. The van der Waals surface area contributed by atoms with E-state index in [9.17, 15) is 27.6 Å². The average molecular weight is 513 g/mol. The molecule has 0 aromatic carbocycles. The van der Waals surface area contributed by atoms with E-state index in [0.29, 0.717) is 18.8 Å². The topological polar surface area (TPSA) is 150 Å². The van der Waals surface area contributed by atoms with Gasteiger partial charge >= 0.3 is 17.9 Å². The van der Waals surface area contributed by atoms with Crippen LogP contribution in [0.25, 0.3) is 0 Å². The summed E-state index contributed by atoms with van der Waals surface area (Å²) in [7, 11) is -4.16. The molecule has 11 heteroatoms. The third kappa shape index (κ3) is 4.85. The summed E-state index contributed by atoms with van der Waals surface area (Å²) in [4.78, 5) is 50.7. The Hall–Kier alpha value is -2.01. The fourth-order valence-electron chi connectivity index (χ4n) is 7.36. The van der Waals surface area contributed by atoms with Gasteiger partial charge in [-0.3, -0.25) is 23.7 Å². The molecule has 194 valence electrons. The third-order valence-corrected chi connectivity index (χ3v) is 9.58. The first-order chi connectivity index (χ1) is 16.6. The van der Waals surface area contributed by atoms with Crippen LogP contribution < -0.4 is 0 Å². The van der Waals surface area contributed by atoms with E-state index in [4.69, 9.17) is 18.8 Å². The molecule has 0 aromatic heterocycles. The summed E-state index contributed by atoms with van der Waals surface area (Å²) < 4.78 is 46.9. The van der Waals surface area contributed by atoms with E-state index in [1.165, 1.54) is 0 Å². The van der Waals surface area contributed by atoms with Crippen molar-refractivity contribution in [2.75, 3.05) is 12.4 Å². The van der Waals surface area contributed by atoms with E-state index in [0.717, 1.165) is 32.1 Å². The summed E-state index contributed by atoms with van der Waals surface area (Å²) in [6.45, 7) is -0.209. The minimum Gasteiger partial charge on any atom is -0.465 e. The highest BCUT2D eigenvalue weighted by atomic mass is 32.2. The number of rotatable bonds is 9. The van der Waals surface area contributed by atoms with Crippen molar-refractivity contribution in [2.45, 2.75) is 70.0 Å². The van der Waals surface area contributed by atoms with Crippen LogP contribution >= 0.6 is 0 Å². The van der Waals surface area contributed by atoms with E-state index >= 15 is 0 Å². The van der Waals surface area contributed by atoms with E-state index in [1.54, 1.807) is 0 Å². The Morgan fingerprint density at radius 1 is 1.09 bits per heavy atom. The van der Waals surface area contributed by atoms with Crippen LogP contribution in [-0.4, -0.2) is 61.2 Å². The van der Waals surface area contributed by atoms with Gasteiger partial charge in [-0.2, -0.15) is 8.42 Å². The predicted molar refractivity (Wildman–Crippen MR) is 118 cm³/mol. The van der Waals surface area contributed by atoms with Crippen molar-refractivity contribution in [3.8, 4) is 0 Å². The molecular formula is C24H32O10S. The zero-order valence-electron chi connectivity index (χ0n) is 19.5. The molecule has 1 N–H and O–H groups in total. The number of esters is 3. The van der Waals surface area contributed by atoms with Gasteiger partial charge in [0.2, 0.25) is 0 Å². The molecule has 0 aromatic rings. The Labute approximate surface area is 204 Å². The first-order valence-corrected chi connectivity index (χ1v) is 14.3. The molecule has 0 radical (unpaired) electrons. The first kappa shape index (κ1) is 24.7. The molecule has 9 atom stereocenters. The van der Waals surface area contributed by atoms with Gasteiger partial charge in [-0.15, -0.1) is 0 Å². The second kappa shape index (κ2) is 9.46. The monoisotopic (exact) mass is 512 g/mol. The molecular weight excluding hydrogens is 480 g/mol. The Morgan fingerprint density at radius 2 is 1.89 bits per heavy atom. The summed E-state index contributed by atoms with van der Waals surface area (Å²) >= 11 is 0. The number of ketones is 1. The smallest absolute Gasteiger partial charge is 0.310 e. The van der Waals surface area contributed by atoms with Crippen molar-refractivity contribution in [3.63, 3.8) is 0 Å². The van der Waals surface area contributed by atoms with Crippen LogP contribution in [0.4, 0.5) is 0 Å². The lowest BCUT2D eigenvalue weighted by Crippen LogP contribution is -2.44. The van der Waals surface area contributed by atoms with E-state index in [1.807, 2.05) is 0 Å². The lowest BCUT2D eigenvalue weighted by Gasteiger charge is -2.37. The fourth-order valence-corrected chi connectivity index (χ4v) is 7.84. The number of carbonyl (C=O) groups excluding carboxylic acids is 4. The first-order valence-electron chi connectivity index (χ1n) is 12.7. The van der Waals surface area contributed by atoms with Gasteiger partial charge in [-0.25, -0.2) is 0 Å². The number of Topliss-reactive ketones (excluding diaryl/α,β-unsaturated/α-hetero) is 1. The zero-order chi connectivity index (χ0) is 24.9. The van der Waals surface area contributed by atoms with Gasteiger partial charge < -0.3 is 14.2 Å². The molecule has 0 spiro atoms. The lowest BCUT2D eigenvalue weighted by molar-refractivity contribution is -0.166. The zero-order valence-corrected chi connectivity index (χ0v) is 20.3. The Bertz CT molecular complexity index is 1010. The van der Waals surface area contributed by atoms with Crippen molar-refractivity contribution < 1.29 is 46.4 Å². The van der Waals surface area contributed by atoms with Crippen molar-refractivity contribution in [2.24, 2.45) is 41.4 Å². The molecule has 1 aliphatic heterocycles. The highest BCUT2D eigenvalue weighted by molar-refractivity contribution is 7.85. The van der Waals surface area contributed by atoms with E-state index < -0.39 is 63.7 Å². The molecule has 4 bridgehead atoms. The Balaban J connectivity index is 1.16. The van der Waals surface area contributed by atoms with Gasteiger partial charge in [0.1, 0.15) is 18.0 Å². The highest BCUT2D eigenvalue weighted by Gasteiger charge is 2.70. The predicted octanol–water partition coefficient (Wildman–Crippen LogP) is 1.70. The third-order valence-electron chi connectivity index (χ3n) is 8.78. The minimum atomic E-state index is -4.16. The molecule has 4 saturated carbocycles. The molecule has 5 aliphatic rings. The molecule has 9 unspecified atom stereocenters. The second-order valence-corrected chi connectivity index (χ2v) is 12.5. The average Bonchev–Trinajstić information content (AvgIpc) is 3.41. The van der Waals surface area contributed by atoms with Gasteiger partial charge in [0.05, 0.1) is 24.2 Å². The maximum atomic E-state index is 12.8. The van der Waals surface area contributed by atoms with Crippen LogP contribution in [0, 0.1) is 41.4 Å². The summed E-state index contributed by atoms with van der Waals surface area (Å²) in [5, 5.41) is 0. The molecule has 0 amide bonds. The number of carbonyl (C=O) groups is 4. The number of fused-ring (bicyclic) bond motifs is 3. The summed E-state index contributed by atoms with van der Waals surface area (Å²) in [5.41, 5.74) is 0. The lowest BCUT2D eigenvalue weighted by atomic mass is 9.66. The van der Waals surface area contributed by atoms with Gasteiger partial charge in [0, 0.05) is 30.1 Å². The Kier molecular flexibility index (Phi) is 6.67. The molecule has 1 saturated heterocycles. The SMILES string of the molecule is O=C(CCC1CC2CCCC(C2)C1=O)OC1C2CC3C1OC(=O)C3C2C(=O)OCCCS(=O)(=O)O. The van der Waals surface area contributed by atoms with Crippen LogP contribution in [-0.2, 0) is 43.5 Å². The molecule has 4 aliphatic carbocycles. The van der Waals surface area contributed by atoms with Crippen molar-refractivity contribution in [1.29, 1.82) is 0 Å². The Morgan fingerprint density at radius 3 is 2.66 bits per heavy atom. The second-order valence-electron chi connectivity index (χ2n) is 10.9. The van der Waals surface area contributed by atoms with Gasteiger partial charge in [-0.05, 0) is 44.4 Å². The van der Waals surface area contributed by atoms with Gasteiger partial charge in [0.25, 0.3) is 10.1 Å². The van der Waals surface area contributed by atoms with Gasteiger partial charge in [-0.1, -0.05) is 12.8 Å². The molecule has 5 rings (SSSR count).